The first-order valence-electron chi connectivity index (χ1n) is 8.80. The van der Waals surface area contributed by atoms with Crippen LogP contribution in [0.3, 0.4) is 0 Å². The monoisotopic (exact) mass is 399 g/mol. The van der Waals surface area contributed by atoms with Gasteiger partial charge in [0.05, 0.1) is 0 Å². The predicted octanol–water partition coefficient (Wildman–Crippen LogP) is 4.23. The van der Waals surface area contributed by atoms with Gasteiger partial charge in [-0.05, 0) is 55.9 Å². The van der Waals surface area contributed by atoms with Crippen LogP contribution in [0.1, 0.15) is 54.0 Å². The topological polar surface area (TPSA) is 74.7 Å². The van der Waals surface area contributed by atoms with Crippen molar-refractivity contribution in [2.45, 2.75) is 57.2 Å². The van der Waals surface area contributed by atoms with E-state index < -0.39 is 21.2 Å². The van der Waals surface area contributed by atoms with Gasteiger partial charge in [-0.25, -0.2) is 8.42 Å². The van der Waals surface area contributed by atoms with E-state index in [9.17, 15) is 13.2 Å². The summed E-state index contributed by atoms with van der Waals surface area (Å²) in [7, 11) is -3.70. The van der Waals surface area contributed by atoms with Gasteiger partial charge in [0.15, 0.2) is 0 Å². The number of aliphatic carboxylic acids is 1. The number of hydrogen-bond donors (Lipinski definition) is 1. The minimum Gasteiger partial charge on any atom is -0.481 e. The minimum atomic E-state index is -3.70. The Hall–Kier alpha value is -1.37. The Morgan fingerprint density at radius 1 is 1.38 bits per heavy atom. The molecular weight excluding hydrogens is 374 g/mol. The number of benzene rings is 1. The lowest BCUT2D eigenvalue weighted by Crippen LogP contribution is -2.45. The molecule has 0 aromatic heterocycles. The highest BCUT2D eigenvalue weighted by molar-refractivity contribution is 7.89. The second-order valence-corrected chi connectivity index (χ2v) is 9.27. The van der Waals surface area contributed by atoms with Gasteiger partial charge in [0, 0.05) is 24.0 Å². The number of carboxylic acids is 1. The molecule has 1 N–H and O–H groups in total. The molecule has 0 amide bonds. The largest absolute Gasteiger partial charge is 0.481 e. The summed E-state index contributed by atoms with van der Waals surface area (Å²) >= 11 is 6.15. The molecule has 0 aliphatic carbocycles. The molecule has 0 bridgehead atoms. The Labute approximate surface area is 160 Å². The standard InChI is InChI=1S/C19H26ClNO4S/c1-4-18(16-11-14(3)17(20)12-13(16)2)26(24,25)21-10-6-5-7-15(21)8-9-19(22)23/h4,11-12,15,18H,1,5-10H2,2-3H3,(H,22,23). The van der Waals surface area contributed by atoms with Gasteiger partial charge >= 0.3 is 5.97 Å². The lowest BCUT2D eigenvalue weighted by Gasteiger charge is -2.36. The lowest BCUT2D eigenvalue weighted by molar-refractivity contribution is -0.137. The van der Waals surface area contributed by atoms with Crippen molar-refractivity contribution in [2.24, 2.45) is 0 Å². The zero-order chi connectivity index (χ0) is 19.5. The first-order chi connectivity index (χ1) is 12.2. The van der Waals surface area contributed by atoms with Crippen LogP contribution >= 0.6 is 11.6 Å². The number of carboxylic acid groups (broad SMARTS) is 1. The molecule has 144 valence electrons. The molecule has 26 heavy (non-hydrogen) atoms. The van der Waals surface area contributed by atoms with E-state index in [0.29, 0.717) is 30.0 Å². The zero-order valence-corrected chi connectivity index (χ0v) is 16.8. The van der Waals surface area contributed by atoms with Crippen molar-refractivity contribution < 1.29 is 18.3 Å². The van der Waals surface area contributed by atoms with Crippen LogP contribution in [0.15, 0.2) is 24.8 Å². The fourth-order valence-corrected chi connectivity index (χ4v) is 5.89. The van der Waals surface area contributed by atoms with E-state index in [1.807, 2.05) is 13.8 Å². The van der Waals surface area contributed by atoms with Crippen LogP contribution in [0.25, 0.3) is 0 Å². The molecule has 5 nitrogen and oxygen atoms in total. The Balaban J connectivity index is 2.39. The SMILES string of the molecule is C=CC(c1cc(C)c(Cl)cc1C)S(=O)(=O)N1CCCCC1CCC(=O)O. The van der Waals surface area contributed by atoms with Crippen molar-refractivity contribution in [1.29, 1.82) is 0 Å². The maximum Gasteiger partial charge on any atom is 0.303 e. The molecule has 2 unspecified atom stereocenters. The van der Waals surface area contributed by atoms with Gasteiger partial charge in [-0.1, -0.05) is 30.2 Å². The van der Waals surface area contributed by atoms with Crippen LogP contribution in [-0.4, -0.2) is 36.4 Å². The number of piperidine rings is 1. The smallest absolute Gasteiger partial charge is 0.303 e. The second-order valence-electron chi connectivity index (χ2n) is 6.85. The highest BCUT2D eigenvalue weighted by Gasteiger charge is 2.38. The number of aryl methyl sites for hydroxylation is 2. The summed E-state index contributed by atoms with van der Waals surface area (Å²) < 4.78 is 28.3. The third kappa shape index (κ3) is 4.48. The molecule has 1 fully saturated rings. The summed E-state index contributed by atoms with van der Waals surface area (Å²) in [5, 5.41) is 8.69. The molecule has 0 spiro atoms. The van der Waals surface area contributed by atoms with Crippen LogP contribution < -0.4 is 0 Å². The van der Waals surface area contributed by atoms with E-state index in [1.54, 1.807) is 12.1 Å². The summed E-state index contributed by atoms with van der Waals surface area (Å²) in [5.41, 5.74) is 2.29. The van der Waals surface area contributed by atoms with Gasteiger partial charge in [0.1, 0.15) is 5.25 Å². The lowest BCUT2D eigenvalue weighted by atomic mass is 10.0. The quantitative estimate of drug-likeness (QED) is 0.696. The van der Waals surface area contributed by atoms with Gasteiger partial charge < -0.3 is 5.11 Å². The predicted molar refractivity (Wildman–Crippen MR) is 104 cm³/mol. The first-order valence-corrected chi connectivity index (χ1v) is 10.7. The van der Waals surface area contributed by atoms with Crippen molar-refractivity contribution >= 4 is 27.6 Å². The molecule has 1 aliphatic heterocycles. The summed E-state index contributed by atoms with van der Waals surface area (Å²) in [5.74, 6) is -0.905. The van der Waals surface area contributed by atoms with E-state index in [0.717, 1.165) is 24.0 Å². The Morgan fingerprint density at radius 3 is 2.69 bits per heavy atom. The summed E-state index contributed by atoms with van der Waals surface area (Å²) in [4.78, 5) is 10.9. The van der Waals surface area contributed by atoms with Gasteiger partial charge in [-0.2, -0.15) is 4.31 Å². The summed E-state index contributed by atoms with van der Waals surface area (Å²) in [6.45, 7) is 7.86. The Morgan fingerprint density at radius 2 is 2.08 bits per heavy atom. The minimum absolute atomic E-state index is 0.0332. The molecular formula is C19H26ClNO4S. The van der Waals surface area contributed by atoms with Crippen LogP contribution in [0.5, 0.6) is 0 Å². The Kier molecular flexibility index (Phi) is 6.88. The van der Waals surface area contributed by atoms with E-state index in [1.165, 1.54) is 10.4 Å². The third-order valence-corrected chi connectivity index (χ3v) is 7.61. The van der Waals surface area contributed by atoms with Crippen molar-refractivity contribution in [3.05, 3.63) is 46.5 Å². The Bertz CT molecular complexity index is 791. The number of rotatable bonds is 7. The molecule has 2 atom stereocenters. The van der Waals surface area contributed by atoms with Crippen molar-refractivity contribution in [3.8, 4) is 0 Å². The fourth-order valence-electron chi connectivity index (χ4n) is 3.55. The molecule has 1 aliphatic rings. The molecule has 1 heterocycles. The van der Waals surface area contributed by atoms with E-state index in [2.05, 4.69) is 6.58 Å². The van der Waals surface area contributed by atoms with Crippen molar-refractivity contribution in [3.63, 3.8) is 0 Å². The van der Waals surface area contributed by atoms with Crippen molar-refractivity contribution in [1.82, 2.24) is 4.31 Å². The van der Waals surface area contributed by atoms with Gasteiger partial charge in [0.25, 0.3) is 0 Å². The molecule has 2 rings (SSSR count). The highest BCUT2D eigenvalue weighted by atomic mass is 35.5. The average molecular weight is 400 g/mol. The van der Waals surface area contributed by atoms with Crippen LogP contribution in [0.2, 0.25) is 5.02 Å². The maximum atomic E-state index is 13.4. The van der Waals surface area contributed by atoms with Crippen LogP contribution in [0.4, 0.5) is 0 Å². The van der Waals surface area contributed by atoms with E-state index in [-0.39, 0.29) is 12.5 Å². The molecule has 0 radical (unpaired) electrons. The molecule has 1 aromatic carbocycles. The maximum absolute atomic E-state index is 13.4. The van der Waals surface area contributed by atoms with Gasteiger partial charge in [0.2, 0.25) is 10.0 Å². The van der Waals surface area contributed by atoms with Crippen LogP contribution in [-0.2, 0) is 14.8 Å². The highest BCUT2D eigenvalue weighted by Crippen LogP contribution is 2.35. The number of hydrogen-bond acceptors (Lipinski definition) is 3. The number of carbonyl (C=O) groups is 1. The number of halogens is 1. The average Bonchev–Trinajstić information content (AvgIpc) is 2.58. The molecule has 1 saturated heterocycles. The molecule has 0 saturated carbocycles. The van der Waals surface area contributed by atoms with Gasteiger partial charge in [-0.3, -0.25) is 4.79 Å². The van der Waals surface area contributed by atoms with Crippen LogP contribution in [0, 0.1) is 13.8 Å². The number of sulfonamides is 1. The van der Waals surface area contributed by atoms with Gasteiger partial charge in [-0.15, -0.1) is 6.58 Å². The summed E-state index contributed by atoms with van der Waals surface area (Å²) in [6, 6.07) is 3.30. The summed E-state index contributed by atoms with van der Waals surface area (Å²) in [6.07, 6.45) is 4.13. The number of nitrogens with zero attached hydrogens (tertiary/aromatic N) is 1. The first kappa shape index (κ1) is 20.9. The molecule has 7 heteroatoms. The van der Waals surface area contributed by atoms with E-state index >= 15 is 0 Å². The van der Waals surface area contributed by atoms with Crippen molar-refractivity contribution in [2.75, 3.05) is 6.54 Å². The molecule has 1 aromatic rings. The fraction of sp³-hybridized carbons (Fsp3) is 0.526. The third-order valence-electron chi connectivity index (χ3n) is 4.98. The van der Waals surface area contributed by atoms with E-state index in [4.69, 9.17) is 16.7 Å². The second kappa shape index (κ2) is 8.55. The zero-order valence-electron chi connectivity index (χ0n) is 15.2. The normalized spacial score (nSPS) is 19.9.